The molecular formula is C30H46O2S. The number of para-hydroxylation sites is 2. The van der Waals surface area contributed by atoms with Crippen LogP contribution in [0.15, 0.2) is 48.5 Å². The molecule has 0 fully saturated rings. The van der Waals surface area contributed by atoms with Gasteiger partial charge in [0.2, 0.25) is 0 Å². The molecule has 184 valence electrons. The van der Waals surface area contributed by atoms with Gasteiger partial charge in [-0.15, -0.1) is 0 Å². The molecule has 0 radical (unpaired) electrons. The highest BCUT2D eigenvalue weighted by Crippen LogP contribution is 2.28. The summed E-state index contributed by atoms with van der Waals surface area (Å²) in [7, 11) is 0. The van der Waals surface area contributed by atoms with E-state index in [1.807, 2.05) is 12.1 Å². The van der Waals surface area contributed by atoms with Crippen LogP contribution in [-0.4, -0.2) is 0 Å². The van der Waals surface area contributed by atoms with Crippen molar-refractivity contribution in [1.82, 2.24) is 0 Å². The highest BCUT2D eigenvalue weighted by molar-refractivity contribution is 7.90. The van der Waals surface area contributed by atoms with Gasteiger partial charge in [0.05, 0.1) is 0 Å². The topological polar surface area (TPSA) is 18.5 Å². The Labute approximate surface area is 208 Å². The van der Waals surface area contributed by atoms with Gasteiger partial charge in [0.1, 0.15) is 11.5 Å². The van der Waals surface area contributed by atoms with Crippen molar-refractivity contribution in [2.45, 2.75) is 117 Å². The molecule has 0 amide bonds. The molecule has 0 aliphatic rings. The molecule has 0 atom stereocenters. The summed E-state index contributed by atoms with van der Waals surface area (Å²) in [5, 5.41) is 0. The van der Waals surface area contributed by atoms with Crippen LogP contribution >= 0.6 is 12.3 Å². The van der Waals surface area contributed by atoms with Gasteiger partial charge < -0.3 is 8.37 Å². The number of hydrogen-bond donors (Lipinski definition) is 0. The Morgan fingerprint density at radius 3 is 1.27 bits per heavy atom. The largest absolute Gasteiger partial charge is 0.391 e. The van der Waals surface area contributed by atoms with Gasteiger partial charge >= 0.3 is 0 Å². The average molecular weight is 471 g/mol. The zero-order valence-electron chi connectivity index (χ0n) is 21.2. The molecule has 0 aliphatic carbocycles. The Hall–Kier alpha value is -1.61. The van der Waals surface area contributed by atoms with E-state index in [1.54, 1.807) is 0 Å². The van der Waals surface area contributed by atoms with E-state index in [-0.39, 0.29) is 0 Å². The van der Waals surface area contributed by atoms with Crippen LogP contribution in [0, 0.1) is 0 Å². The van der Waals surface area contributed by atoms with Crippen molar-refractivity contribution < 1.29 is 8.37 Å². The van der Waals surface area contributed by atoms with Crippen molar-refractivity contribution in [1.29, 1.82) is 0 Å². The lowest BCUT2D eigenvalue weighted by molar-refractivity contribution is 0.526. The molecule has 2 aromatic rings. The van der Waals surface area contributed by atoms with E-state index in [0.29, 0.717) is 0 Å². The quantitative estimate of drug-likeness (QED) is 0.142. The Kier molecular flexibility index (Phi) is 15.7. The van der Waals surface area contributed by atoms with E-state index in [2.05, 4.69) is 50.2 Å². The van der Waals surface area contributed by atoms with E-state index in [9.17, 15) is 0 Å². The van der Waals surface area contributed by atoms with Gasteiger partial charge in [0.25, 0.3) is 12.3 Å². The van der Waals surface area contributed by atoms with E-state index < -0.39 is 0 Å². The zero-order valence-corrected chi connectivity index (χ0v) is 22.0. The molecule has 2 aromatic carbocycles. The second-order valence-electron chi connectivity index (χ2n) is 9.19. The van der Waals surface area contributed by atoms with Gasteiger partial charge in [-0.05, 0) is 48.9 Å². The molecule has 2 nitrogen and oxygen atoms in total. The summed E-state index contributed by atoms with van der Waals surface area (Å²) in [4.78, 5) is 0. The summed E-state index contributed by atoms with van der Waals surface area (Å²) in [6.45, 7) is 4.54. The van der Waals surface area contributed by atoms with Gasteiger partial charge in [-0.1, -0.05) is 127 Å². The maximum absolute atomic E-state index is 5.98. The van der Waals surface area contributed by atoms with Crippen molar-refractivity contribution in [3.63, 3.8) is 0 Å². The molecule has 0 unspecified atom stereocenters. The van der Waals surface area contributed by atoms with Gasteiger partial charge in [-0.2, -0.15) is 0 Å². The maximum Gasteiger partial charge on any atom is 0.293 e. The third kappa shape index (κ3) is 12.4. The molecule has 3 heteroatoms. The van der Waals surface area contributed by atoms with E-state index in [4.69, 9.17) is 8.37 Å². The summed E-state index contributed by atoms with van der Waals surface area (Å²) >= 11 is 1.09. The normalized spacial score (nSPS) is 11.0. The van der Waals surface area contributed by atoms with Crippen LogP contribution in [0.2, 0.25) is 0 Å². The summed E-state index contributed by atoms with van der Waals surface area (Å²) in [6.07, 6.45) is 20.7. The minimum Gasteiger partial charge on any atom is -0.391 e. The highest BCUT2D eigenvalue weighted by Gasteiger charge is 2.08. The summed E-state index contributed by atoms with van der Waals surface area (Å²) in [5.74, 6) is 1.86. The summed E-state index contributed by atoms with van der Waals surface area (Å²) < 4.78 is 12.0. The second kappa shape index (κ2) is 18.8. The van der Waals surface area contributed by atoms with Crippen LogP contribution in [0.25, 0.3) is 0 Å². The molecule has 0 aromatic heterocycles. The van der Waals surface area contributed by atoms with Crippen LogP contribution in [0.3, 0.4) is 0 Å². The number of rotatable bonds is 20. The first-order chi connectivity index (χ1) is 16.3. The van der Waals surface area contributed by atoms with Crippen LogP contribution in [-0.2, 0) is 12.8 Å². The third-order valence-electron chi connectivity index (χ3n) is 6.29. The van der Waals surface area contributed by atoms with Crippen LogP contribution < -0.4 is 8.37 Å². The fourth-order valence-electron chi connectivity index (χ4n) is 4.22. The Bertz CT molecular complexity index is 669. The SMILES string of the molecule is CCCCCCCCCc1ccccc1OSOc1ccccc1CCCCCCCCC. The fraction of sp³-hybridized carbons (Fsp3) is 0.600. The predicted molar refractivity (Wildman–Crippen MR) is 145 cm³/mol. The molecule has 0 spiro atoms. The van der Waals surface area contributed by atoms with E-state index >= 15 is 0 Å². The minimum absolute atomic E-state index is 0.929. The van der Waals surface area contributed by atoms with Crippen LogP contribution in [0.1, 0.15) is 115 Å². The van der Waals surface area contributed by atoms with Crippen molar-refractivity contribution >= 4 is 12.3 Å². The van der Waals surface area contributed by atoms with Crippen molar-refractivity contribution in [2.75, 3.05) is 0 Å². The van der Waals surface area contributed by atoms with E-state index in [1.165, 1.54) is 101 Å². The summed E-state index contributed by atoms with van der Waals surface area (Å²) in [6, 6.07) is 16.8. The third-order valence-corrected chi connectivity index (χ3v) is 6.79. The minimum atomic E-state index is 0.929. The maximum atomic E-state index is 5.98. The van der Waals surface area contributed by atoms with Gasteiger partial charge in [-0.25, -0.2) is 0 Å². The number of aryl methyl sites for hydroxylation is 2. The van der Waals surface area contributed by atoms with Gasteiger partial charge in [0, 0.05) is 0 Å². The molecule has 0 heterocycles. The monoisotopic (exact) mass is 470 g/mol. The Morgan fingerprint density at radius 2 is 0.848 bits per heavy atom. The lowest BCUT2D eigenvalue weighted by Crippen LogP contribution is -1.96. The van der Waals surface area contributed by atoms with E-state index in [0.717, 1.165) is 36.7 Å². The molecule has 33 heavy (non-hydrogen) atoms. The lowest BCUT2D eigenvalue weighted by Gasteiger charge is -2.12. The molecule has 0 saturated heterocycles. The standard InChI is InChI=1S/C30H46O2S/c1-3-5-7-9-11-13-15-21-27-23-17-19-25-29(27)31-33-32-30-26-20-18-24-28(30)22-16-14-12-10-8-6-4-2/h17-20,23-26H,3-16,21-22H2,1-2H3. The van der Waals surface area contributed by atoms with Crippen LogP contribution in [0.4, 0.5) is 0 Å². The first-order valence-electron chi connectivity index (χ1n) is 13.5. The van der Waals surface area contributed by atoms with Crippen molar-refractivity contribution in [3.8, 4) is 11.5 Å². The predicted octanol–water partition coefficient (Wildman–Crippen LogP) is 10.3. The number of hydrogen-bond acceptors (Lipinski definition) is 3. The van der Waals surface area contributed by atoms with Crippen LogP contribution in [0.5, 0.6) is 11.5 Å². The number of benzene rings is 2. The first kappa shape index (κ1) is 27.6. The Balaban J connectivity index is 1.71. The molecule has 0 saturated carbocycles. The van der Waals surface area contributed by atoms with Crippen molar-refractivity contribution in [2.24, 2.45) is 0 Å². The molecule has 0 aliphatic heterocycles. The van der Waals surface area contributed by atoms with Gasteiger partial charge in [0.15, 0.2) is 0 Å². The molecule has 0 bridgehead atoms. The first-order valence-corrected chi connectivity index (χ1v) is 14.2. The number of unbranched alkanes of at least 4 members (excludes halogenated alkanes) is 12. The van der Waals surface area contributed by atoms with Gasteiger partial charge in [-0.3, -0.25) is 0 Å². The molecular weight excluding hydrogens is 424 g/mol. The molecule has 0 N–H and O–H groups in total. The lowest BCUT2D eigenvalue weighted by atomic mass is 10.0. The second-order valence-corrected chi connectivity index (χ2v) is 9.66. The zero-order chi connectivity index (χ0) is 23.4. The molecule has 2 rings (SSSR count). The Morgan fingerprint density at radius 1 is 0.485 bits per heavy atom. The highest BCUT2D eigenvalue weighted by atomic mass is 32.2. The van der Waals surface area contributed by atoms with Crippen molar-refractivity contribution in [3.05, 3.63) is 59.7 Å². The smallest absolute Gasteiger partial charge is 0.293 e. The fourth-order valence-corrected chi connectivity index (χ4v) is 4.72. The average Bonchev–Trinajstić information content (AvgIpc) is 2.84. The summed E-state index contributed by atoms with van der Waals surface area (Å²) in [5.41, 5.74) is 2.55.